The Morgan fingerprint density at radius 2 is 2.00 bits per heavy atom. The van der Waals surface area contributed by atoms with Crippen molar-refractivity contribution in [2.75, 3.05) is 13.7 Å². The standard InChI is InChI=1S/C12H23N3O/c1-8(7-16-6)13-9(2)12-10(3)14-15(5)11(12)4/h8-9,13H,7H2,1-6H3. The molecule has 1 rings (SSSR count). The SMILES string of the molecule is COCC(C)NC(C)c1c(C)nn(C)c1C. The lowest BCUT2D eigenvalue weighted by Crippen LogP contribution is -2.32. The quantitative estimate of drug-likeness (QED) is 0.829. The van der Waals surface area contributed by atoms with E-state index in [-0.39, 0.29) is 0 Å². The molecule has 0 saturated heterocycles. The van der Waals surface area contributed by atoms with Crippen LogP contribution in [0, 0.1) is 13.8 Å². The number of aromatic nitrogens is 2. The summed E-state index contributed by atoms with van der Waals surface area (Å²) in [5.41, 5.74) is 3.62. The van der Waals surface area contributed by atoms with Crippen molar-refractivity contribution in [3.63, 3.8) is 0 Å². The van der Waals surface area contributed by atoms with Crippen molar-refractivity contribution in [3.8, 4) is 0 Å². The van der Waals surface area contributed by atoms with Gasteiger partial charge in [0.15, 0.2) is 0 Å². The average Bonchev–Trinajstić information content (AvgIpc) is 2.41. The van der Waals surface area contributed by atoms with Crippen LogP contribution in [-0.2, 0) is 11.8 Å². The molecule has 0 fully saturated rings. The molecular weight excluding hydrogens is 202 g/mol. The van der Waals surface area contributed by atoms with Gasteiger partial charge in [0.25, 0.3) is 0 Å². The van der Waals surface area contributed by atoms with Crippen molar-refractivity contribution in [3.05, 3.63) is 17.0 Å². The lowest BCUT2D eigenvalue weighted by Gasteiger charge is -2.20. The number of nitrogens with one attached hydrogen (secondary N) is 1. The van der Waals surface area contributed by atoms with E-state index in [2.05, 4.69) is 38.1 Å². The van der Waals surface area contributed by atoms with Gasteiger partial charge in [0.05, 0.1) is 12.3 Å². The molecule has 1 aromatic rings. The van der Waals surface area contributed by atoms with Gasteiger partial charge < -0.3 is 10.1 Å². The lowest BCUT2D eigenvalue weighted by atomic mass is 10.1. The van der Waals surface area contributed by atoms with E-state index >= 15 is 0 Å². The maximum atomic E-state index is 5.12. The van der Waals surface area contributed by atoms with E-state index in [1.807, 2.05) is 11.7 Å². The summed E-state index contributed by atoms with van der Waals surface area (Å²) in [6, 6.07) is 0.651. The third kappa shape index (κ3) is 2.83. The third-order valence-electron chi connectivity index (χ3n) is 2.95. The summed E-state index contributed by atoms with van der Waals surface area (Å²) in [4.78, 5) is 0. The summed E-state index contributed by atoms with van der Waals surface area (Å²) in [5, 5.41) is 7.94. The van der Waals surface area contributed by atoms with Gasteiger partial charge in [-0.1, -0.05) is 0 Å². The van der Waals surface area contributed by atoms with Gasteiger partial charge in [-0.15, -0.1) is 0 Å². The molecule has 1 heterocycles. The van der Waals surface area contributed by atoms with Crippen molar-refractivity contribution in [1.29, 1.82) is 0 Å². The zero-order chi connectivity index (χ0) is 12.3. The van der Waals surface area contributed by atoms with Gasteiger partial charge in [0.1, 0.15) is 0 Å². The molecule has 1 N–H and O–H groups in total. The van der Waals surface area contributed by atoms with Gasteiger partial charge in [-0.2, -0.15) is 5.10 Å². The molecule has 0 spiro atoms. The number of methoxy groups -OCH3 is 1. The van der Waals surface area contributed by atoms with Crippen LogP contribution < -0.4 is 5.32 Å². The Labute approximate surface area is 98.0 Å². The first kappa shape index (κ1) is 13.2. The molecule has 0 aliphatic rings. The minimum atomic E-state index is 0.304. The summed E-state index contributed by atoms with van der Waals surface area (Å²) < 4.78 is 7.06. The largest absolute Gasteiger partial charge is 0.383 e. The summed E-state index contributed by atoms with van der Waals surface area (Å²) in [5.74, 6) is 0. The monoisotopic (exact) mass is 225 g/mol. The molecule has 4 nitrogen and oxygen atoms in total. The highest BCUT2D eigenvalue weighted by molar-refractivity contribution is 5.27. The van der Waals surface area contributed by atoms with Crippen LogP contribution in [0.1, 0.15) is 36.8 Å². The van der Waals surface area contributed by atoms with Crippen LogP contribution in [0.2, 0.25) is 0 Å². The molecule has 2 atom stereocenters. The predicted molar refractivity (Wildman–Crippen MR) is 65.6 cm³/mol. The first-order chi connectivity index (χ1) is 7.47. The Morgan fingerprint density at radius 3 is 2.44 bits per heavy atom. The van der Waals surface area contributed by atoms with Crippen molar-refractivity contribution in [1.82, 2.24) is 15.1 Å². The van der Waals surface area contributed by atoms with Crippen LogP contribution in [0.5, 0.6) is 0 Å². The topological polar surface area (TPSA) is 39.1 Å². The van der Waals surface area contributed by atoms with Crippen molar-refractivity contribution in [2.45, 2.75) is 39.8 Å². The van der Waals surface area contributed by atoms with Crippen LogP contribution in [0.25, 0.3) is 0 Å². The highest BCUT2D eigenvalue weighted by Gasteiger charge is 2.17. The van der Waals surface area contributed by atoms with Crippen molar-refractivity contribution < 1.29 is 4.74 Å². The van der Waals surface area contributed by atoms with E-state index in [1.54, 1.807) is 7.11 Å². The van der Waals surface area contributed by atoms with Crippen LogP contribution in [-0.4, -0.2) is 29.5 Å². The average molecular weight is 225 g/mol. The Hall–Kier alpha value is -0.870. The molecular formula is C12H23N3O. The fourth-order valence-electron chi connectivity index (χ4n) is 2.22. The predicted octanol–water partition coefficient (Wildman–Crippen LogP) is 1.72. The first-order valence-corrected chi connectivity index (χ1v) is 5.72. The molecule has 0 radical (unpaired) electrons. The van der Waals surface area contributed by atoms with E-state index in [4.69, 9.17) is 4.74 Å². The fraction of sp³-hybridized carbons (Fsp3) is 0.750. The van der Waals surface area contributed by atoms with E-state index in [0.29, 0.717) is 12.1 Å². The lowest BCUT2D eigenvalue weighted by molar-refractivity contribution is 0.167. The first-order valence-electron chi connectivity index (χ1n) is 5.72. The van der Waals surface area contributed by atoms with Crippen LogP contribution in [0.15, 0.2) is 0 Å². The van der Waals surface area contributed by atoms with E-state index in [1.165, 1.54) is 11.3 Å². The van der Waals surface area contributed by atoms with Gasteiger partial charge in [0, 0.05) is 37.5 Å². The number of nitrogens with zero attached hydrogens (tertiary/aromatic N) is 2. The zero-order valence-electron chi connectivity index (χ0n) is 11.2. The fourth-order valence-corrected chi connectivity index (χ4v) is 2.22. The maximum absolute atomic E-state index is 5.12. The highest BCUT2D eigenvalue weighted by Crippen LogP contribution is 2.20. The van der Waals surface area contributed by atoms with Gasteiger partial charge in [0.2, 0.25) is 0 Å². The molecule has 0 aliphatic heterocycles. The second kappa shape index (κ2) is 5.46. The van der Waals surface area contributed by atoms with Gasteiger partial charge >= 0.3 is 0 Å². The van der Waals surface area contributed by atoms with Gasteiger partial charge in [-0.3, -0.25) is 4.68 Å². The summed E-state index contributed by atoms with van der Waals surface area (Å²) in [6.07, 6.45) is 0. The number of hydrogen-bond acceptors (Lipinski definition) is 3. The molecule has 92 valence electrons. The number of aryl methyl sites for hydroxylation is 2. The molecule has 4 heteroatoms. The van der Waals surface area contributed by atoms with Crippen molar-refractivity contribution >= 4 is 0 Å². The normalized spacial score (nSPS) is 15.1. The maximum Gasteiger partial charge on any atom is 0.0644 e. The Balaban J connectivity index is 2.76. The summed E-state index contributed by atoms with van der Waals surface area (Å²) in [7, 11) is 3.71. The van der Waals surface area contributed by atoms with Crippen LogP contribution >= 0.6 is 0 Å². The molecule has 0 aromatic carbocycles. The second-order valence-corrected chi connectivity index (χ2v) is 4.45. The minimum Gasteiger partial charge on any atom is -0.383 e. The Bertz CT molecular complexity index is 346. The second-order valence-electron chi connectivity index (χ2n) is 4.45. The smallest absolute Gasteiger partial charge is 0.0644 e. The summed E-state index contributed by atoms with van der Waals surface area (Å²) in [6.45, 7) is 9.18. The van der Waals surface area contributed by atoms with E-state index in [9.17, 15) is 0 Å². The van der Waals surface area contributed by atoms with E-state index < -0.39 is 0 Å². The Morgan fingerprint density at radius 1 is 1.38 bits per heavy atom. The molecule has 0 aliphatic carbocycles. The third-order valence-corrected chi connectivity index (χ3v) is 2.95. The molecule has 2 unspecified atom stereocenters. The van der Waals surface area contributed by atoms with Crippen LogP contribution in [0.4, 0.5) is 0 Å². The molecule has 0 saturated carbocycles. The zero-order valence-corrected chi connectivity index (χ0v) is 11.2. The minimum absolute atomic E-state index is 0.304. The molecule has 1 aromatic heterocycles. The van der Waals surface area contributed by atoms with E-state index in [0.717, 1.165) is 12.3 Å². The summed E-state index contributed by atoms with van der Waals surface area (Å²) >= 11 is 0. The highest BCUT2D eigenvalue weighted by atomic mass is 16.5. The molecule has 0 bridgehead atoms. The van der Waals surface area contributed by atoms with Gasteiger partial charge in [-0.05, 0) is 27.7 Å². The van der Waals surface area contributed by atoms with Crippen LogP contribution in [0.3, 0.4) is 0 Å². The number of hydrogen-bond donors (Lipinski definition) is 1. The van der Waals surface area contributed by atoms with Crippen molar-refractivity contribution in [2.24, 2.45) is 7.05 Å². The number of rotatable bonds is 5. The Kier molecular flexibility index (Phi) is 4.50. The number of ether oxygens (including phenoxy) is 1. The molecule has 16 heavy (non-hydrogen) atoms. The van der Waals surface area contributed by atoms with Gasteiger partial charge in [-0.25, -0.2) is 0 Å². The molecule has 0 amide bonds.